The van der Waals surface area contributed by atoms with Crippen LogP contribution in [0.1, 0.15) is 17.3 Å². The van der Waals surface area contributed by atoms with Crippen LogP contribution in [0.15, 0.2) is 30.5 Å². The molecule has 0 spiro atoms. The van der Waals surface area contributed by atoms with Gasteiger partial charge in [-0.15, -0.1) is 0 Å². The third-order valence-electron chi connectivity index (χ3n) is 2.72. The van der Waals surface area contributed by atoms with E-state index in [9.17, 15) is 4.39 Å². The number of aryl methyl sites for hydroxylation is 1. The van der Waals surface area contributed by atoms with Crippen LogP contribution in [0.4, 0.5) is 4.39 Å². The van der Waals surface area contributed by atoms with Gasteiger partial charge in [-0.05, 0) is 13.1 Å². The second kappa shape index (κ2) is 4.85. The Labute approximate surface area is 104 Å². The van der Waals surface area contributed by atoms with E-state index in [1.165, 1.54) is 6.07 Å². The van der Waals surface area contributed by atoms with Gasteiger partial charge < -0.3 is 5.32 Å². The monoisotopic (exact) mass is 253 g/mol. The highest BCUT2D eigenvalue weighted by molar-refractivity contribution is 6.31. The van der Waals surface area contributed by atoms with Crippen LogP contribution in [-0.4, -0.2) is 16.8 Å². The van der Waals surface area contributed by atoms with E-state index in [4.69, 9.17) is 11.6 Å². The molecule has 1 unspecified atom stereocenters. The van der Waals surface area contributed by atoms with E-state index in [0.29, 0.717) is 10.6 Å². The highest BCUT2D eigenvalue weighted by Gasteiger charge is 2.21. The quantitative estimate of drug-likeness (QED) is 0.911. The van der Waals surface area contributed by atoms with Crippen LogP contribution in [0, 0.1) is 5.82 Å². The van der Waals surface area contributed by atoms with Crippen molar-refractivity contribution >= 4 is 11.6 Å². The fourth-order valence-corrected chi connectivity index (χ4v) is 2.17. The van der Waals surface area contributed by atoms with E-state index in [-0.39, 0.29) is 11.9 Å². The Kier molecular flexibility index (Phi) is 3.45. The number of nitrogens with zero attached hydrogens (tertiary/aromatic N) is 2. The number of benzene rings is 1. The molecule has 3 nitrogen and oxygen atoms in total. The minimum Gasteiger partial charge on any atom is -0.308 e. The van der Waals surface area contributed by atoms with Gasteiger partial charge in [0.1, 0.15) is 5.82 Å². The molecule has 0 aliphatic rings. The molecule has 0 amide bonds. The molecule has 2 aromatic rings. The Morgan fingerprint density at radius 3 is 2.65 bits per heavy atom. The van der Waals surface area contributed by atoms with E-state index in [1.54, 1.807) is 43.2 Å². The van der Waals surface area contributed by atoms with Gasteiger partial charge in [0.2, 0.25) is 0 Å². The zero-order valence-corrected chi connectivity index (χ0v) is 10.4. The lowest BCUT2D eigenvalue weighted by molar-refractivity contribution is 0.552. The largest absolute Gasteiger partial charge is 0.308 e. The number of halogens is 2. The zero-order valence-electron chi connectivity index (χ0n) is 9.61. The van der Waals surface area contributed by atoms with Gasteiger partial charge in [-0.3, -0.25) is 4.68 Å². The molecule has 0 bridgehead atoms. The molecule has 5 heteroatoms. The number of hydrogen-bond acceptors (Lipinski definition) is 2. The lowest BCUT2D eigenvalue weighted by Gasteiger charge is -2.18. The van der Waals surface area contributed by atoms with Crippen molar-refractivity contribution in [2.75, 3.05) is 7.05 Å². The van der Waals surface area contributed by atoms with Crippen LogP contribution < -0.4 is 5.32 Å². The molecule has 17 heavy (non-hydrogen) atoms. The van der Waals surface area contributed by atoms with E-state index >= 15 is 0 Å². The smallest absolute Gasteiger partial charge is 0.128 e. The van der Waals surface area contributed by atoms with Crippen molar-refractivity contribution in [2.45, 2.75) is 6.04 Å². The molecule has 0 saturated heterocycles. The Morgan fingerprint density at radius 1 is 1.41 bits per heavy atom. The molecule has 0 fully saturated rings. The summed E-state index contributed by atoms with van der Waals surface area (Å²) >= 11 is 6.08. The van der Waals surface area contributed by atoms with E-state index < -0.39 is 0 Å². The van der Waals surface area contributed by atoms with Crippen molar-refractivity contribution in [3.05, 3.63) is 52.6 Å². The molecular formula is C12H13ClFN3. The first-order chi connectivity index (χ1) is 8.15. The van der Waals surface area contributed by atoms with Gasteiger partial charge in [-0.25, -0.2) is 4.39 Å². The second-order valence-electron chi connectivity index (χ2n) is 3.74. The average molecular weight is 254 g/mol. The molecule has 1 aromatic heterocycles. The molecule has 1 aromatic carbocycles. The summed E-state index contributed by atoms with van der Waals surface area (Å²) in [5, 5.41) is 7.64. The highest BCUT2D eigenvalue weighted by atomic mass is 35.5. The van der Waals surface area contributed by atoms with Gasteiger partial charge in [0, 0.05) is 12.6 Å². The summed E-state index contributed by atoms with van der Waals surface area (Å²) in [5.74, 6) is -0.260. The molecule has 2 rings (SSSR count). The van der Waals surface area contributed by atoms with Gasteiger partial charge >= 0.3 is 0 Å². The van der Waals surface area contributed by atoms with Crippen LogP contribution in [0.2, 0.25) is 5.02 Å². The summed E-state index contributed by atoms with van der Waals surface area (Å²) in [4.78, 5) is 0. The first-order valence-electron chi connectivity index (χ1n) is 5.24. The Balaban J connectivity index is 2.52. The Morgan fingerprint density at radius 2 is 2.12 bits per heavy atom. The first kappa shape index (κ1) is 12.1. The standard InChI is InChI=1S/C12H13ClFN3/c1-15-11(8-5-3-4-6-10(8)14)12-9(13)7-16-17(12)2/h3-7,11,15H,1-2H3. The zero-order chi connectivity index (χ0) is 12.4. The van der Waals surface area contributed by atoms with Crippen molar-refractivity contribution in [3.63, 3.8) is 0 Å². The molecular weight excluding hydrogens is 241 g/mol. The lowest BCUT2D eigenvalue weighted by Crippen LogP contribution is -2.22. The van der Waals surface area contributed by atoms with E-state index in [0.717, 1.165) is 5.69 Å². The Hall–Kier alpha value is -1.39. The molecule has 0 aliphatic heterocycles. The van der Waals surface area contributed by atoms with Crippen LogP contribution in [-0.2, 0) is 7.05 Å². The summed E-state index contributed by atoms with van der Waals surface area (Å²) in [7, 11) is 3.55. The maximum atomic E-state index is 13.8. The van der Waals surface area contributed by atoms with Crippen molar-refractivity contribution in [3.8, 4) is 0 Å². The molecule has 1 atom stereocenters. The van der Waals surface area contributed by atoms with E-state index in [2.05, 4.69) is 10.4 Å². The topological polar surface area (TPSA) is 29.9 Å². The lowest BCUT2D eigenvalue weighted by atomic mass is 10.0. The van der Waals surface area contributed by atoms with Crippen molar-refractivity contribution < 1.29 is 4.39 Å². The predicted molar refractivity (Wildman–Crippen MR) is 65.5 cm³/mol. The molecule has 90 valence electrons. The molecule has 1 N–H and O–H groups in total. The summed E-state index contributed by atoms with van der Waals surface area (Å²) < 4.78 is 15.4. The molecule has 1 heterocycles. The van der Waals surface area contributed by atoms with E-state index in [1.807, 2.05) is 0 Å². The highest BCUT2D eigenvalue weighted by Crippen LogP contribution is 2.28. The first-order valence-corrected chi connectivity index (χ1v) is 5.62. The second-order valence-corrected chi connectivity index (χ2v) is 4.15. The number of nitrogens with one attached hydrogen (secondary N) is 1. The molecule has 0 radical (unpaired) electrons. The molecule has 0 aliphatic carbocycles. The normalized spacial score (nSPS) is 12.7. The summed E-state index contributed by atoms with van der Waals surface area (Å²) in [6, 6.07) is 6.32. The van der Waals surface area contributed by atoms with Gasteiger partial charge in [0.05, 0.1) is 23.0 Å². The van der Waals surface area contributed by atoms with Crippen molar-refractivity contribution in [1.29, 1.82) is 0 Å². The van der Waals surface area contributed by atoms with Crippen molar-refractivity contribution in [2.24, 2.45) is 7.05 Å². The maximum absolute atomic E-state index is 13.8. The van der Waals surface area contributed by atoms with Gasteiger partial charge in [-0.2, -0.15) is 5.10 Å². The average Bonchev–Trinajstić information content (AvgIpc) is 2.64. The van der Waals surface area contributed by atoms with Gasteiger partial charge in [0.15, 0.2) is 0 Å². The minimum atomic E-state index is -0.309. The fourth-order valence-electron chi connectivity index (χ4n) is 1.89. The third kappa shape index (κ3) is 2.18. The summed E-state index contributed by atoms with van der Waals surface area (Å²) in [6.45, 7) is 0. The van der Waals surface area contributed by atoms with Gasteiger partial charge in [0.25, 0.3) is 0 Å². The maximum Gasteiger partial charge on any atom is 0.128 e. The Bertz CT molecular complexity index is 505. The number of aromatic nitrogens is 2. The SMILES string of the molecule is CNC(c1ccccc1F)c1c(Cl)cnn1C. The van der Waals surface area contributed by atoms with Crippen molar-refractivity contribution in [1.82, 2.24) is 15.1 Å². The summed E-state index contributed by atoms with van der Waals surface area (Å²) in [6.07, 6.45) is 1.56. The predicted octanol–water partition coefficient (Wildman–Crippen LogP) is 2.52. The number of hydrogen-bond donors (Lipinski definition) is 1. The number of rotatable bonds is 3. The summed E-state index contributed by atoms with van der Waals surface area (Å²) in [5.41, 5.74) is 1.31. The fraction of sp³-hybridized carbons (Fsp3) is 0.250. The minimum absolute atomic E-state index is 0.260. The third-order valence-corrected chi connectivity index (χ3v) is 3.01. The molecule has 0 saturated carbocycles. The van der Waals surface area contributed by atoms with Crippen LogP contribution in [0.25, 0.3) is 0 Å². The van der Waals surface area contributed by atoms with Crippen LogP contribution in [0.3, 0.4) is 0 Å². The van der Waals surface area contributed by atoms with Crippen LogP contribution >= 0.6 is 11.6 Å². The van der Waals surface area contributed by atoms with Crippen LogP contribution in [0.5, 0.6) is 0 Å². The van der Waals surface area contributed by atoms with Gasteiger partial charge in [-0.1, -0.05) is 29.8 Å².